The van der Waals surface area contributed by atoms with Crippen LogP contribution in [0, 0.1) is 20.8 Å². The minimum Gasteiger partial charge on any atom is -0.505 e. The average molecular weight is 287 g/mol. The fraction of sp³-hybridized carbons (Fsp3) is 0.286. The van der Waals surface area contributed by atoms with Crippen LogP contribution < -0.4 is 5.43 Å². The van der Waals surface area contributed by atoms with Crippen molar-refractivity contribution in [1.82, 2.24) is 15.0 Å². The van der Waals surface area contributed by atoms with Gasteiger partial charge in [0.25, 0.3) is 0 Å². The van der Waals surface area contributed by atoms with Crippen LogP contribution in [-0.2, 0) is 6.61 Å². The van der Waals surface area contributed by atoms with Gasteiger partial charge >= 0.3 is 0 Å². The van der Waals surface area contributed by atoms with Crippen molar-refractivity contribution in [3.63, 3.8) is 0 Å². The minimum absolute atomic E-state index is 0.00607. The van der Waals surface area contributed by atoms with Crippen LogP contribution in [0.1, 0.15) is 28.2 Å². The SMILES string of the molecule is Cc1cc(C)nc(N/N=C\c2c(CO)cnc(C)c2O)n1. The van der Waals surface area contributed by atoms with Crippen molar-refractivity contribution in [2.45, 2.75) is 27.4 Å². The third kappa shape index (κ3) is 3.51. The number of anilines is 1. The molecule has 0 radical (unpaired) electrons. The summed E-state index contributed by atoms with van der Waals surface area (Å²) in [5.41, 5.74) is 5.75. The van der Waals surface area contributed by atoms with E-state index < -0.39 is 0 Å². The van der Waals surface area contributed by atoms with Crippen LogP contribution in [0.15, 0.2) is 17.4 Å². The van der Waals surface area contributed by atoms with Crippen molar-refractivity contribution >= 4 is 12.2 Å². The van der Waals surface area contributed by atoms with E-state index in [9.17, 15) is 10.2 Å². The van der Waals surface area contributed by atoms with Gasteiger partial charge in [0.1, 0.15) is 5.75 Å². The molecular weight excluding hydrogens is 270 g/mol. The molecule has 2 aromatic rings. The van der Waals surface area contributed by atoms with Crippen molar-refractivity contribution in [3.8, 4) is 5.75 Å². The predicted molar refractivity (Wildman–Crippen MR) is 79.3 cm³/mol. The Morgan fingerprint density at radius 2 is 1.90 bits per heavy atom. The predicted octanol–water partition coefficient (Wildman–Crippen LogP) is 1.44. The van der Waals surface area contributed by atoms with E-state index in [1.165, 1.54) is 12.4 Å². The standard InChI is InChI=1S/C14H17N5O2/c1-8-4-9(2)18-14(17-8)19-16-6-12-11(7-20)5-15-10(3)13(12)21/h4-6,20-21H,7H2,1-3H3,(H,17,18,19)/b16-6-. The second-order valence-electron chi connectivity index (χ2n) is 4.63. The lowest BCUT2D eigenvalue weighted by Crippen LogP contribution is -2.02. The Morgan fingerprint density at radius 1 is 1.24 bits per heavy atom. The molecule has 0 unspecified atom stereocenters. The number of nitrogens with one attached hydrogen (secondary N) is 1. The summed E-state index contributed by atoms with van der Waals surface area (Å²) in [6, 6.07) is 1.86. The molecular formula is C14H17N5O2. The monoisotopic (exact) mass is 287 g/mol. The topological polar surface area (TPSA) is 104 Å². The molecule has 0 bridgehead atoms. The molecule has 7 heteroatoms. The van der Waals surface area contributed by atoms with E-state index in [2.05, 4.69) is 25.5 Å². The van der Waals surface area contributed by atoms with Gasteiger partial charge in [0.15, 0.2) is 0 Å². The summed E-state index contributed by atoms with van der Waals surface area (Å²) in [5, 5.41) is 23.2. The first kappa shape index (κ1) is 14.9. The lowest BCUT2D eigenvalue weighted by atomic mass is 10.1. The lowest BCUT2D eigenvalue weighted by Gasteiger charge is -2.07. The molecule has 0 fully saturated rings. The first-order valence-electron chi connectivity index (χ1n) is 6.41. The van der Waals surface area contributed by atoms with Gasteiger partial charge in [-0.15, -0.1) is 0 Å². The molecule has 2 aromatic heterocycles. The first-order valence-corrected chi connectivity index (χ1v) is 6.41. The van der Waals surface area contributed by atoms with Gasteiger partial charge in [0.2, 0.25) is 5.95 Å². The molecule has 0 atom stereocenters. The van der Waals surface area contributed by atoms with Crippen molar-refractivity contribution in [3.05, 3.63) is 40.5 Å². The van der Waals surface area contributed by atoms with Gasteiger partial charge in [-0.2, -0.15) is 5.10 Å². The highest BCUT2D eigenvalue weighted by Gasteiger charge is 2.09. The summed E-state index contributed by atoms with van der Waals surface area (Å²) in [5.74, 6) is 0.369. The summed E-state index contributed by atoms with van der Waals surface area (Å²) < 4.78 is 0. The van der Waals surface area contributed by atoms with Crippen LogP contribution in [0.25, 0.3) is 0 Å². The molecule has 0 saturated carbocycles. The fourth-order valence-electron chi connectivity index (χ4n) is 1.85. The van der Waals surface area contributed by atoms with Gasteiger partial charge in [-0.1, -0.05) is 0 Å². The number of nitrogens with zero attached hydrogens (tertiary/aromatic N) is 4. The molecule has 21 heavy (non-hydrogen) atoms. The molecule has 0 aliphatic carbocycles. The maximum absolute atomic E-state index is 9.97. The molecule has 0 saturated heterocycles. The first-order chi connectivity index (χ1) is 10.0. The molecule has 7 nitrogen and oxygen atoms in total. The Morgan fingerprint density at radius 3 is 2.52 bits per heavy atom. The zero-order valence-corrected chi connectivity index (χ0v) is 12.1. The second kappa shape index (κ2) is 6.27. The smallest absolute Gasteiger partial charge is 0.243 e. The van der Waals surface area contributed by atoms with E-state index in [1.807, 2.05) is 19.9 Å². The normalized spacial score (nSPS) is 11.0. The van der Waals surface area contributed by atoms with Crippen LogP contribution in [0.2, 0.25) is 0 Å². The largest absolute Gasteiger partial charge is 0.505 e. The van der Waals surface area contributed by atoms with Crippen molar-refractivity contribution < 1.29 is 10.2 Å². The minimum atomic E-state index is -0.234. The van der Waals surface area contributed by atoms with Gasteiger partial charge < -0.3 is 10.2 Å². The van der Waals surface area contributed by atoms with Gasteiger partial charge in [0.05, 0.1) is 18.5 Å². The summed E-state index contributed by atoms with van der Waals surface area (Å²) in [4.78, 5) is 12.4. The number of hydrogen-bond donors (Lipinski definition) is 3. The van der Waals surface area contributed by atoms with Crippen LogP contribution >= 0.6 is 0 Å². The van der Waals surface area contributed by atoms with Crippen LogP contribution in [0.3, 0.4) is 0 Å². The number of aromatic hydroxyl groups is 1. The molecule has 0 spiro atoms. The molecule has 0 aromatic carbocycles. The van der Waals surface area contributed by atoms with E-state index in [0.717, 1.165) is 11.4 Å². The van der Waals surface area contributed by atoms with Gasteiger partial charge in [-0.3, -0.25) is 4.98 Å². The maximum Gasteiger partial charge on any atom is 0.243 e. The second-order valence-corrected chi connectivity index (χ2v) is 4.63. The van der Waals surface area contributed by atoms with E-state index in [-0.39, 0.29) is 12.4 Å². The number of hydrazone groups is 1. The fourth-order valence-corrected chi connectivity index (χ4v) is 1.85. The zero-order chi connectivity index (χ0) is 15.4. The number of pyridine rings is 1. The Balaban J connectivity index is 2.23. The highest BCUT2D eigenvalue weighted by Crippen LogP contribution is 2.21. The Kier molecular flexibility index (Phi) is 4.44. The number of aliphatic hydroxyl groups is 1. The summed E-state index contributed by atoms with van der Waals surface area (Å²) in [6.45, 7) is 5.17. The zero-order valence-electron chi connectivity index (χ0n) is 12.1. The van der Waals surface area contributed by atoms with Gasteiger partial charge in [-0.25, -0.2) is 15.4 Å². The number of aryl methyl sites for hydroxylation is 3. The number of aromatic nitrogens is 3. The average Bonchev–Trinajstić information content (AvgIpc) is 2.42. The van der Waals surface area contributed by atoms with Crippen molar-refractivity contribution in [1.29, 1.82) is 0 Å². The Labute approximate surface area is 122 Å². The number of rotatable bonds is 4. The maximum atomic E-state index is 9.97. The lowest BCUT2D eigenvalue weighted by molar-refractivity contribution is 0.280. The molecule has 2 heterocycles. The number of hydrogen-bond acceptors (Lipinski definition) is 7. The molecule has 2 rings (SSSR count). The van der Waals surface area contributed by atoms with E-state index in [0.29, 0.717) is 22.8 Å². The highest BCUT2D eigenvalue weighted by atomic mass is 16.3. The van der Waals surface area contributed by atoms with Crippen molar-refractivity contribution in [2.24, 2.45) is 5.10 Å². The van der Waals surface area contributed by atoms with E-state index in [4.69, 9.17) is 0 Å². The van der Waals surface area contributed by atoms with Crippen LogP contribution in [0.5, 0.6) is 5.75 Å². The van der Waals surface area contributed by atoms with E-state index >= 15 is 0 Å². The van der Waals surface area contributed by atoms with Crippen LogP contribution in [0.4, 0.5) is 5.95 Å². The molecule has 0 amide bonds. The molecule has 3 N–H and O–H groups in total. The van der Waals surface area contributed by atoms with Crippen LogP contribution in [-0.4, -0.2) is 31.4 Å². The Hall–Kier alpha value is -2.54. The van der Waals surface area contributed by atoms with Gasteiger partial charge in [0, 0.05) is 28.7 Å². The molecule has 110 valence electrons. The number of aliphatic hydroxyl groups excluding tert-OH is 1. The molecule has 0 aliphatic heterocycles. The van der Waals surface area contributed by atoms with Gasteiger partial charge in [-0.05, 0) is 26.8 Å². The summed E-state index contributed by atoms with van der Waals surface area (Å²) in [6.07, 6.45) is 2.92. The summed E-state index contributed by atoms with van der Waals surface area (Å²) in [7, 11) is 0. The highest BCUT2D eigenvalue weighted by molar-refractivity contribution is 5.86. The summed E-state index contributed by atoms with van der Waals surface area (Å²) >= 11 is 0. The Bertz CT molecular complexity index is 665. The third-order valence-corrected chi connectivity index (χ3v) is 2.87. The third-order valence-electron chi connectivity index (χ3n) is 2.87. The van der Waals surface area contributed by atoms with Crippen molar-refractivity contribution in [2.75, 3.05) is 5.43 Å². The quantitative estimate of drug-likeness (QED) is 0.580. The van der Waals surface area contributed by atoms with E-state index in [1.54, 1.807) is 6.92 Å². The molecule has 0 aliphatic rings.